The minimum atomic E-state index is 0.102. The van der Waals surface area contributed by atoms with Crippen molar-refractivity contribution in [1.82, 2.24) is 10.2 Å². The highest BCUT2D eigenvalue weighted by molar-refractivity contribution is 5.78. The normalized spacial score (nSPS) is 20.0. The number of carbonyl (C=O) groups is 2. The summed E-state index contributed by atoms with van der Waals surface area (Å²) in [6.07, 6.45) is 11.2. The van der Waals surface area contributed by atoms with Crippen molar-refractivity contribution >= 4 is 12.2 Å². The summed E-state index contributed by atoms with van der Waals surface area (Å²) in [6, 6.07) is 0.183. The second kappa shape index (κ2) is 8.86. The predicted octanol–water partition coefficient (Wildman–Crippen LogP) is 1.76. The van der Waals surface area contributed by atoms with Gasteiger partial charge in [-0.2, -0.15) is 0 Å². The summed E-state index contributed by atoms with van der Waals surface area (Å²) >= 11 is 0. The summed E-state index contributed by atoms with van der Waals surface area (Å²) in [5.74, 6) is 0.747. The van der Waals surface area contributed by atoms with Gasteiger partial charge in [-0.15, -0.1) is 0 Å². The van der Waals surface area contributed by atoms with E-state index in [1.165, 1.54) is 6.42 Å². The molecular weight excluding hydrogens is 240 g/mol. The summed E-state index contributed by atoms with van der Waals surface area (Å²) < 4.78 is 0. The molecule has 1 N–H and O–H groups in total. The van der Waals surface area contributed by atoms with E-state index in [2.05, 4.69) is 17.5 Å². The number of nitrogens with zero attached hydrogens (tertiary/aromatic N) is 1. The first-order valence-electron chi connectivity index (χ1n) is 7.18. The van der Waals surface area contributed by atoms with Crippen LogP contribution in [-0.2, 0) is 9.59 Å². The van der Waals surface area contributed by atoms with Gasteiger partial charge in [0.15, 0.2) is 0 Å². The molecule has 0 aliphatic heterocycles. The van der Waals surface area contributed by atoms with Crippen molar-refractivity contribution in [3.63, 3.8) is 0 Å². The minimum Gasteiger partial charge on any atom is -0.342 e. The van der Waals surface area contributed by atoms with Gasteiger partial charge < -0.3 is 15.0 Å². The van der Waals surface area contributed by atoms with Crippen LogP contribution in [0.25, 0.3) is 0 Å². The van der Waals surface area contributed by atoms with Crippen LogP contribution in [0.5, 0.6) is 0 Å². The number of rotatable bonds is 8. The Bertz CT molecular complexity index is 315. The Kier molecular flexibility index (Phi) is 7.41. The largest absolute Gasteiger partial charge is 0.342 e. The molecule has 0 aromatic heterocycles. The lowest BCUT2D eigenvalue weighted by molar-refractivity contribution is -0.131. The fraction of sp³-hybridized carbons (Fsp3) is 0.733. The molecule has 108 valence electrons. The van der Waals surface area contributed by atoms with E-state index in [1.807, 2.05) is 11.9 Å². The van der Waals surface area contributed by atoms with Crippen molar-refractivity contribution in [3.8, 4) is 0 Å². The van der Waals surface area contributed by atoms with Gasteiger partial charge in [-0.3, -0.25) is 4.79 Å². The maximum Gasteiger partial charge on any atom is 0.236 e. The SMILES string of the molecule is CNCC(=O)N(C)[C@H](CCC=O)CC1CC=CCC1. The lowest BCUT2D eigenvalue weighted by Gasteiger charge is -2.31. The fourth-order valence-corrected chi connectivity index (χ4v) is 2.66. The van der Waals surface area contributed by atoms with Gasteiger partial charge in [0.25, 0.3) is 0 Å². The molecule has 0 bridgehead atoms. The highest BCUT2D eigenvalue weighted by atomic mass is 16.2. The Hall–Kier alpha value is -1.16. The topological polar surface area (TPSA) is 49.4 Å². The van der Waals surface area contributed by atoms with Crippen molar-refractivity contribution < 1.29 is 9.59 Å². The molecule has 19 heavy (non-hydrogen) atoms. The van der Waals surface area contributed by atoms with E-state index in [0.717, 1.165) is 32.0 Å². The zero-order valence-electron chi connectivity index (χ0n) is 12.1. The van der Waals surface area contributed by atoms with Crippen LogP contribution in [0, 0.1) is 5.92 Å². The van der Waals surface area contributed by atoms with Gasteiger partial charge in [0.1, 0.15) is 6.29 Å². The lowest BCUT2D eigenvalue weighted by Crippen LogP contribution is -2.42. The monoisotopic (exact) mass is 266 g/mol. The summed E-state index contributed by atoms with van der Waals surface area (Å²) in [6.45, 7) is 0.360. The van der Waals surface area contributed by atoms with Gasteiger partial charge in [-0.1, -0.05) is 12.2 Å². The molecule has 1 aliphatic carbocycles. The first kappa shape index (κ1) is 15.9. The van der Waals surface area contributed by atoms with E-state index in [-0.39, 0.29) is 11.9 Å². The summed E-state index contributed by atoms with van der Waals surface area (Å²) in [5.41, 5.74) is 0. The number of likely N-dealkylation sites (N-methyl/N-ethyl adjacent to an activating group) is 2. The van der Waals surface area contributed by atoms with E-state index in [1.54, 1.807) is 7.05 Å². The van der Waals surface area contributed by atoms with E-state index >= 15 is 0 Å². The van der Waals surface area contributed by atoms with Crippen LogP contribution in [0.1, 0.15) is 38.5 Å². The van der Waals surface area contributed by atoms with Gasteiger partial charge in [0.05, 0.1) is 6.54 Å². The van der Waals surface area contributed by atoms with Gasteiger partial charge in [0, 0.05) is 19.5 Å². The molecule has 0 aromatic rings. The summed E-state index contributed by atoms with van der Waals surface area (Å²) in [5, 5.41) is 2.89. The van der Waals surface area contributed by atoms with E-state index in [0.29, 0.717) is 18.9 Å². The van der Waals surface area contributed by atoms with Crippen LogP contribution in [0.15, 0.2) is 12.2 Å². The smallest absolute Gasteiger partial charge is 0.236 e. The average molecular weight is 266 g/mol. The first-order chi connectivity index (χ1) is 9.19. The van der Waals surface area contributed by atoms with Crippen molar-refractivity contribution in [2.24, 2.45) is 5.92 Å². The Morgan fingerprint density at radius 2 is 2.32 bits per heavy atom. The molecule has 1 unspecified atom stereocenters. The van der Waals surface area contributed by atoms with Gasteiger partial charge in [0.2, 0.25) is 5.91 Å². The molecule has 2 atom stereocenters. The van der Waals surface area contributed by atoms with Crippen molar-refractivity contribution in [3.05, 3.63) is 12.2 Å². The maximum atomic E-state index is 12.0. The molecule has 0 saturated carbocycles. The van der Waals surface area contributed by atoms with E-state index in [9.17, 15) is 9.59 Å². The van der Waals surface area contributed by atoms with Gasteiger partial charge in [-0.25, -0.2) is 0 Å². The van der Waals surface area contributed by atoms with Crippen LogP contribution >= 0.6 is 0 Å². The molecule has 0 radical (unpaired) electrons. The number of hydrogen-bond donors (Lipinski definition) is 1. The fourth-order valence-electron chi connectivity index (χ4n) is 2.66. The second-order valence-corrected chi connectivity index (χ2v) is 5.32. The van der Waals surface area contributed by atoms with Crippen molar-refractivity contribution in [2.75, 3.05) is 20.6 Å². The number of hydrogen-bond acceptors (Lipinski definition) is 3. The number of aldehydes is 1. The Balaban J connectivity index is 2.56. The standard InChI is InChI=1S/C15H26N2O2/c1-16-12-15(19)17(2)14(9-6-10-18)11-13-7-4-3-5-8-13/h3-4,10,13-14,16H,5-9,11-12H2,1-2H3/t13?,14-/m1/s1. The molecular formula is C15H26N2O2. The molecule has 0 aromatic carbocycles. The van der Waals surface area contributed by atoms with Crippen LogP contribution < -0.4 is 5.32 Å². The molecule has 4 heteroatoms. The molecule has 1 rings (SSSR count). The third-order valence-corrected chi connectivity index (χ3v) is 3.87. The summed E-state index contributed by atoms with van der Waals surface area (Å²) in [4.78, 5) is 24.4. The summed E-state index contributed by atoms with van der Waals surface area (Å²) in [7, 11) is 3.63. The van der Waals surface area contributed by atoms with Crippen LogP contribution in [0.2, 0.25) is 0 Å². The second-order valence-electron chi connectivity index (χ2n) is 5.32. The van der Waals surface area contributed by atoms with Gasteiger partial charge in [-0.05, 0) is 45.1 Å². The average Bonchev–Trinajstić information content (AvgIpc) is 2.44. The zero-order chi connectivity index (χ0) is 14.1. The van der Waals surface area contributed by atoms with Crippen LogP contribution in [0.3, 0.4) is 0 Å². The molecule has 0 fully saturated rings. The lowest BCUT2D eigenvalue weighted by atomic mass is 9.87. The number of allylic oxidation sites excluding steroid dienone is 2. The zero-order valence-corrected chi connectivity index (χ0v) is 12.1. The van der Waals surface area contributed by atoms with Gasteiger partial charge >= 0.3 is 0 Å². The molecule has 0 heterocycles. The highest BCUT2D eigenvalue weighted by Gasteiger charge is 2.23. The molecule has 0 saturated heterocycles. The van der Waals surface area contributed by atoms with Crippen LogP contribution in [-0.4, -0.2) is 43.8 Å². The number of carbonyl (C=O) groups excluding carboxylic acids is 2. The van der Waals surface area contributed by atoms with Crippen molar-refractivity contribution in [2.45, 2.75) is 44.6 Å². The Labute approximate surface area is 116 Å². The van der Waals surface area contributed by atoms with Crippen LogP contribution in [0.4, 0.5) is 0 Å². The Morgan fingerprint density at radius 3 is 2.89 bits per heavy atom. The molecule has 0 spiro atoms. The quantitative estimate of drug-likeness (QED) is 0.538. The Morgan fingerprint density at radius 1 is 1.53 bits per heavy atom. The first-order valence-corrected chi connectivity index (χ1v) is 7.18. The number of nitrogens with one attached hydrogen (secondary N) is 1. The molecule has 1 amide bonds. The third-order valence-electron chi connectivity index (χ3n) is 3.87. The predicted molar refractivity (Wildman–Crippen MR) is 76.9 cm³/mol. The van der Waals surface area contributed by atoms with E-state index < -0.39 is 0 Å². The third kappa shape index (κ3) is 5.55. The maximum absolute atomic E-state index is 12.0. The molecule has 1 aliphatic rings. The minimum absolute atomic E-state index is 0.102. The number of amides is 1. The highest BCUT2D eigenvalue weighted by Crippen LogP contribution is 2.26. The molecule has 4 nitrogen and oxygen atoms in total. The van der Waals surface area contributed by atoms with Crippen molar-refractivity contribution in [1.29, 1.82) is 0 Å². The van der Waals surface area contributed by atoms with E-state index in [4.69, 9.17) is 0 Å².